The molecule has 0 aliphatic carbocycles. The summed E-state index contributed by atoms with van der Waals surface area (Å²) in [7, 11) is 0. The molecule has 2 atom stereocenters. The second-order valence-corrected chi connectivity index (χ2v) is 5.79. The standard InChI is InChI=1S/C16H14Cl2F2NO/c1-8(21)16(22)15(9-2-4-11(17)13(19)6-9)10-3-5-12(18)14(20)7-10/h2-8,15-16,22H,1,21H2. The molecular formula is C16H14Cl2F2NO. The zero-order valence-electron chi connectivity index (χ0n) is 11.4. The summed E-state index contributed by atoms with van der Waals surface area (Å²) < 4.78 is 27.4. The van der Waals surface area contributed by atoms with Crippen molar-refractivity contribution < 1.29 is 13.9 Å². The van der Waals surface area contributed by atoms with Crippen LogP contribution in [0, 0.1) is 18.6 Å². The van der Waals surface area contributed by atoms with Crippen molar-refractivity contribution in [3.05, 3.63) is 76.1 Å². The largest absolute Gasteiger partial charge is 0.391 e. The Balaban J connectivity index is 2.55. The van der Waals surface area contributed by atoms with Gasteiger partial charge in [-0.3, -0.25) is 0 Å². The molecule has 0 spiro atoms. The van der Waals surface area contributed by atoms with Crippen LogP contribution < -0.4 is 5.73 Å². The summed E-state index contributed by atoms with van der Waals surface area (Å²) >= 11 is 11.3. The van der Waals surface area contributed by atoms with Crippen molar-refractivity contribution in [3.8, 4) is 0 Å². The van der Waals surface area contributed by atoms with Crippen LogP contribution in [0.2, 0.25) is 10.0 Å². The topological polar surface area (TPSA) is 46.2 Å². The molecule has 22 heavy (non-hydrogen) atoms. The molecule has 2 aromatic carbocycles. The summed E-state index contributed by atoms with van der Waals surface area (Å²) in [4.78, 5) is 0. The first-order chi connectivity index (χ1) is 10.3. The Labute approximate surface area is 137 Å². The maximum Gasteiger partial charge on any atom is 0.142 e. The van der Waals surface area contributed by atoms with Gasteiger partial charge in [0.2, 0.25) is 0 Å². The van der Waals surface area contributed by atoms with Gasteiger partial charge in [-0.1, -0.05) is 35.3 Å². The van der Waals surface area contributed by atoms with Crippen molar-refractivity contribution in [1.82, 2.24) is 0 Å². The highest BCUT2D eigenvalue weighted by atomic mass is 35.5. The number of aliphatic hydroxyl groups excluding tert-OH is 1. The Bertz CT molecular complexity index is 628. The summed E-state index contributed by atoms with van der Waals surface area (Å²) in [5.74, 6) is -2.03. The Morgan fingerprint density at radius 2 is 1.36 bits per heavy atom. The lowest BCUT2D eigenvalue weighted by molar-refractivity contribution is 0.141. The molecule has 0 bridgehead atoms. The lowest BCUT2D eigenvalue weighted by Crippen LogP contribution is -2.37. The molecule has 0 saturated carbocycles. The molecule has 0 saturated heterocycles. The normalized spacial score (nSPS) is 14.2. The van der Waals surface area contributed by atoms with Crippen molar-refractivity contribution in [3.63, 3.8) is 0 Å². The van der Waals surface area contributed by atoms with E-state index in [9.17, 15) is 13.9 Å². The fourth-order valence-corrected chi connectivity index (χ4v) is 2.48. The molecule has 3 N–H and O–H groups in total. The van der Waals surface area contributed by atoms with Crippen LogP contribution in [0.25, 0.3) is 0 Å². The zero-order chi connectivity index (χ0) is 16.4. The molecule has 0 aliphatic heterocycles. The predicted molar refractivity (Wildman–Crippen MR) is 84.0 cm³/mol. The molecular weight excluding hydrogens is 331 g/mol. The van der Waals surface area contributed by atoms with E-state index in [4.69, 9.17) is 28.9 Å². The molecule has 0 aliphatic rings. The van der Waals surface area contributed by atoms with Gasteiger partial charge in [0, 0.05) is 12.0 Å². The minimum atomic E-state index is -1.14. The van der Waals surface area contributed by atoms with Crippen molar-refractivity contribution >= 4 is 23.2 Å². The van der Waals surface area contributed by atoms with E-state index in [1.54, 1.807) is 12.1 Å². The van der Waals surface area contributed by atoms with Crippen molar-refractivity contribution in [2.24, 2.45) is 5.73 Å². The maximum atomic E-state index is 13.7. The summed E-state index contributed by atoms with van der Waals surface area (Å²) in [6.07, 6.45) is -1.14. The Hall–Kier alpha value is -1.20. The average molecular weight is 345 g/mol. The fraction of sp³-hybridized carbons (Fsp3) is 0.188. The van der Waals surface area contributed by atoms with Gasteiger partial charge < -0.3 is 10.8 Å². The molecule has 2 aromatic rings. The van der Waals surface area contributed by atoms with Crippen LogP contribution in [-0.2, 0) is 0 Å². The van der Waals surface area contributed by atoms with Gasteiger partial charge in [0.15, 0.2) is 0 Å². The van der Waals surface area contributed by atoms with Crippen LogP contribution in [0.3, 0.4) is 0 Å². The highest BCUT2D eigenvalue weighted by Gasteiger charge is 2.27. The number of hydrogen-bond acceptors (Lipinski definition) is 2. The Morgan fingerprint density at radius 1 is 0.955 bits per heavy atom. The van der Waals surface area contributed by atoms with E-state index in [0.717, 1.165) is 0 Å². The van der Waals surface area contributed by atoms with E-state index in [1.807, 2.05) is 0 Å². The summed E-state index contributed by atoms with van der Waals surface area (Å²) in [5.41, 5.74) is 6.47. The maximum absolute atomic E-state index is 13.7. The molecule has 0 fully saturated rings. The summed E-state index contributed by atoms with van der Waals surface area (Å²) in [6.45, 7) is 3.58. The first-order valence-electron chi connectivity index (χ1n) is 6.48. The second kappa shape index (κ2) is 6.92. The summed E-state index contributed by atoms with van der Waals surface area (Å²) in [5, 5.41) is 10.2. The van der Waals surface area contributed by atoms with Crippen molar-refractivity contribution in [2.45, 2.75) is 18.1 Å². The third-order valence-corrected chi connectivity index (χ3v) is 4.00. The van der Waals surface area contributed by atoms with E-state index in [0.29, 0.717) is 11.1 Å². The summed E-state index contributed by atoms with van der Waals surface area (Å²) in [6, 6.07) is 7.36. The predicted octanol–water partition coefficient (Wildman–Crippen LogP) is 3.93. The van der Waals surface area contributed by atoms with Crippen molar-refractivity contribution in [1.29, 1.82) is 0 Å². The number of nitrogens with two attached hydrogens (primary N) is 1. The highest BCUT2D eigenvalue weighted by Crippen LogP contribution is 2.32. The van der Waals surface area contributed by atoms with Crippen LogP contribution in [0.4, 0.5) is 8.78 Å². The van der Waals surface area contributed by atoms with E-state index < -0.39 is 29.7 Å². The van der Waals surface area contributed by atoms with E-state index in [-0.39, 0.29) is 10.0 Å². The van der Waals surface area contributed by atoms with Crippen LogP contribution in [-0.4, -0.2) is 17.3 Å². The third kappa shape index (κ3) is 3.58. The lowest BCUT2D eigenvalue weighted by atomic mass is 9.84. The fourth-order valence-electron chi connectivity index (χ4n) is 2.25. The number of benzene rings is 2. The molecule has 117 valence electrons. The Morgan fingerprint density at radius 3 is 1.68 bits per heavy atom. The average Bonchev–Trinajstić information content (AvgIpc) is 2.46. The molecule has 2 unspecified atom stereocenters. The molecule has 2 rings (SSSR count). The third-order valence-electron chi connectivity index (χ3n) is 3.39. The van der Waals surface area contributed by atoms with Gasteiger partial charge >= 0.3 is 0 Å². The minimum Gasteiger partial charge on any atom is -0.391 e. The molecule has 0 heterocycles. The molecule has 0 aromatic heterocycles. The molecule has 2 nitrogen and oxygen atoms in total. The molecule has 6 heteroatoms. The van der Waals surface area contributed by atoms with E-state index in [1.165, 1.54) is 24.3 Å². The van der Waals surface area contributed by atoms with Gasteiger partial charge in [-0.05, 0) is 42.3 Å². The first-order valence-corrected chi connectivity index (χ1v) is 7.23. The van der Waals surface area contributed by atoms with Gasteiger partial charge in [0.05, 0.1) is 16.1 Å². The van der Waals surface area contributed by atoms with Gasteiger partial charge in [0.25, 0.3) is 0 Å². The molecule has 0 amide bonds. The van der Waals surface area contributed by atoms with Crippen LogP contribution in [0.5, 0.6) is 0 Å². The van der Waals surface area contributed by atoms with Crippen molar-refractivity contribution in [2.75, 3.05) is 0 Å². The van der Waals surface area contributed by atoms with E-state index in [2.05, 4.69) is 6.92 Å². The monoisotopic (exact) mass is 344 g/mol. The number of aliphatic hydroxyl groups is 1. The van der Waals surface area contributed by atoms with Gasteiger partial charge in [-0.2, -0.15) is 0 Å². The zero-order valence-corrected chi connectivity index (χ0v) is 13.0. The quantitative estimate of drug-likeness (QED) is 0.882. The molecule has 1 radical (unpaired) electrons. The smallest absolute Gasteiger partial charge is 0.142 e. The second-order valence-electron chi connectivity index (χ2n) is 4.98. The van der Waals surface area contributed by atoms with E-state index >= 15 is 0 Å². The van der Waals surface area contributed by atoms with Crippen LogP contribution in [0.15, 0.2) is 36.4 Å². The number of hydrogen-bond donors (Lipinski definition) is 2. The minimum absolute atomic E-state index is 0.0433. The highest BCUT2D eigenvalue weighted by molar-refractivity contribution is 6.31. The van der Waals surface area contributed by atoms with Crippen LogP contribution in [0.1, 0.15) is 17.0 Å². The van der Waals surface area contributed by atoms with Gasteiger partial charge in [-0.15, -0.1) is 0 Å². The number of halogens is 4. The number of rotatable bonds is 4. The first kappa shape index (κ1) is 17.2. The Kier molecular flexibility index (Phi) is 5.40. The van der Waals surface area contributed by atoms with Gasteiger partial charge in [-0.25, -0.2) is 8.78 Å². The van der Waals surface area contributed by atoms with Gasteiger partial charge in [0.1, 0.15) is 11.6 Å². The SMILES string of the molecule is [CH2]C(N)C(O)C(c1ccc(Cl)c(F)c1)c1ccc(Cl)c(F)c1. The van der Waals surface area contributed by atoms with Crippen LogP contribution >= 0.6 is 23.2 Å². The lowest BCUT2D eigenvalue weighted by Gasteiger charge is -2.27.